The maximum atomic E-state index is 13.4. The van der Waals surface area contributed by atoms with Crippen LogP contribution in [0.3, 0.4) is 0 Å². The van der Waals surface area contributed by atoms with Crippen molar-refractivity contribution in [3.05, 3.63) is 54.1 Å². The number of carboxylic acid groups (broad SMARTS) is 1. The number of rotatable bonds is 11. The first-order chi connectivity index (χ1) is 15.1. The topological polar surface area (TPSA) is 78.9 Å². The van der Waals surface area contributed by atoms with Gasteiger partial charge in [-0.3, -0.25) is 9.59 Å². The summed E-state index contributed by atoms with van der Waals surface area (Å²) in [5.74, 6) is -0.0200. The lowest BCUT2D eigenvalue weighted by Crippen LogP contribution is -2.43. The molecule has 2 aromatic rings. The molecule has 2 aromatic carbocycles. The van der Waals surface area contributed by atoms with Crippen molar-refractivity contribution in [2.75, 3.05) is 26.2 Å². The molecular formula is C25H32N2O4. The van der Waals surface area contributed by atoms with Crippen LogP contribution in [-0.2, 0) is 9.59 Å². The SMILES string of the molecule is CCN(C(=O)/C(=C/CCCCC(=O)O)COc1cccc2ccccc12)C1CCNC1. The molecule has 6 heteroatoms. The molecule has 0 saturated carbocycles. The Balaban J connectivity index is 1.74. The molecule has 3 rings (SSSR count). The minimum Gasteiger partial charge on any atom is -0.488 e. The van der Waals surface area contributed by atoms with Gasteiger partial charge in [0.05, 0.1) is 5.57 Å². The van der Waals surface area contributed by atoms with E-state index in [1.165, 1.54) is 0 Å². The summed E-state index contributed by atoms with van der Waals surface area (Å²) in [5, 5.41) is 14.3. The van der Waals surface area contributed by atoms with Gasteiger partial charge in [-0.05, 0) is 50.6 Å². The van der Waals surface area contributed by atoms with Crippen molar-refractivity contribution in [1.82, 2.24) is 10.2 Å². The van der Waals surface area contributed by atoms with Crippen molar-refractivity contribution in [2.24, 2.45) is 0 Å². The standard InChI is InChI=1S/C25H32N2O4/c1-2-27(21-15-16-26-17-21)25(30)20(10-4-3-5-14-24(28)29)18-31-23-13-8-11-19-9-6-7-12-22(19)23/h6-13,21,26H,2-5,14-18H2,1H3,(H,28,29)/b20-10+. The summed E-state index contributed by atoms with van der Waals surface area (Å²) in [5.41, 5.74) is 0.636. The molecule has 1 aliphatic rings. The lowest BCUT2D eigenvalue weighted by molar-refractivity contribution is -0.137. The van der Waals surface area contributed by atoms with E-state index < -0.39 is 5.97 Å². The molecule has 31 heavy (non-hydrogen) atoms. The van der Waals surface area contributed by atoms with E-state index in [2.05, 4.69) is 5.32 Å². The number of carbonyl (C=O) groups excluding carboxylic acids is 1. The molecule has 1 saturated heterocycles. The van der Waals surface area contributed by atoms with Crippen LogP contribution in [-0.4, -0.2) is 54.2 Å². The van der Waals surface area contributed by atoms with Crippen molar-refractivity contribution >= 4 is 22.6 Å². The van der Waals surface area contributed by atoms with Crippen LogP contribution in [0.2, 0.25) is 0 Å². The molecule has 1 unspecified atom stereocenters. The monoisotopic (exact) mass is 424 g/mol. The molecule has 0 aromatic heterocycles. The summed E-state index contributed by atoms with van der Waals surface area (Å²) >= 11 is 0. The zero-order valence-electron chi connectivity index (χ0n) is 18.2. The number of carboxylic acids is 1. The second kappa shape index (κ2) is 11.5. The average Bonchev–Trinajstić information content (AvgIpc) is 3.30. The number of carbonyl (C=O) groups is 2. The minimum atomic E-state index is -0.787. The van der Waals surface area contributed by atoms with E-state index in [0.29, 0.717) is 25.0 Å². The van der Waals surface area contributed by atoms with Gasteiger partial charge in [-0.15, -0.1) is 0 Å². The van der Waals surface area contributed by atoms with E-state index in [9.17, 15) is 9.59 Å². The molecule has 1 aliphatic heterocycles. The van der Waals surface area contributed by atoms with Crippen molar-refractivity contribution in [3.63, 3.8) is 0 Å². The van der Waals surface area contributed by atoms with Crippen LogP contribution in [0.25, 0.3) is 10.8 Å². The molecular weight excluding hydrogens is 392 g/mol. The number of benzene rings is 2. The molecule has 2 N–H and O–H groups in total. The first kappa shape index (κ1) is 22.8. The first-order valence-electron chi connectivity index (χ1n) is 11.1. The first-order valence-corrected chi connectivity index (χ1v) is 11.1. The Labute approximate surface area is 183 Å². The fraction of sp³-hybridized carbons (Fsp3) is 0.440. The Hall–Kier alpha value is -2.86. The van der Waals surface area contributed by atoms with Gasteiger partial charge in [0.2, 0.25) is 0 Å². The van der Waals surface area contributed by atoms with Crippen LogP contribution < -0.4 is 10.1 Å². The van der Waals surface area contributed by atoms with E-state index >= 15 is 0 Å². The Morgan fingerprint density at radius 1 is 1.19 bits per heavy atom. The summed E-state index contributed by atoms with van der Waals surface area (Å²) in [7, 11) is 0. The predicted molar refractivity (Wildman–Crippen MR) is 122 cm³/mol. The highest BCUT2D eigenvalue weighted by atomic mass is 16.5. The van der Waals surface area contributed by atoms with Gasteiger partial charge in [0.15, 0.2) is 0 Å². The molecule has 0 bridgehead atoms. The van der Waals surface area contributed by atoms with E-state index in [-0.39, 0.29) is 25.0 Å². The zero-order chi connectivity index (χ0) is 22.1. The number of likely N-dealkylation sites (N-methyl/N-ethyl adjacent to an activating group) is 1. The molecule has 0 radical (unpaired) electrons. The third kappa shape index (κ3) is 6.31. The number of nitrogens with zero attached hydrogens (tertiary/aromatic N) is 1. The molecule has 1 amide bonds. The van der Waals surface area contributed by atoms with Gasteiger partial charge in [-0.25, -0.2) is 0 Å². The van der Waals surface area contributed by atoms with Gasteiger partial charge in [0.1, 0.15) is 12.4 Å². The summed E-state index contributed by atoms with van der Waals surface area (Å²) in [6, 6.07) is 14.2. The highest BCUT2D eigenvalue weighted by Gasteiger charge is 2.27. The fourth-order valence-corrected chi connectivity index (χ4v) is 4.04. The van der Waals surface area contributed by atoms with Crippen LogP contribution in [0.5, 0.6) is 5.75 Å². The third-order valence-electron chi connectivity index (χ3n) is 5.72. The smallest absolute Gasteiger partial charge is 0.303 e. The largest absolute Gasteiger partial charge is 0.488 e. The Morgan fingerprint density at radius 3 is 2.74 bits per heavy atom. The third-order valence-corrected chi connectivity index (χ3v) is 5.72. The normalized spacial score (nSPS) is 16.4. The maximum Gasteiger partial charge on any atom is 0.303 e. The van der Waals surface area contributed by atoms with Gasteiger partial charge < -0.3 is 20.1 Å². The van der Waals surface area contributed by atoms with Gasteiger partial charge in [0.25, 0.3) is 5.91 Å². The Bertz CT molecular complexity index is 913. The zero-order valence-corrected chi connectivity index (χ0v) is 18.2. The van der Waals surface area contributed by atoms with Crippen LogP contribution in [0.1, 0.15) is 39.0 Å². The fourth-order valence-electron chi connectivity index (χ4n) is 4.04. The number of ether oxygens (including phenoxy) is 1. The van der Waals surface area contributed by atoms with Crippen molar-refractivity contribution in [1.29, 1.82) is 0 Å². The lowest BCUT2D eigenvalue weighted by Gasteiger charge is -2.28. The second-order valence-corrected chi connectivity index (χ2v) is 7.87. The second-order valence-electron chi connectivity index (χ2n) is 7.87. The highest BCUT2D eigenvalue weighted by Crippen LogP contribution is 2.26. The summed E-state index contributed by atoms with van der Waals surface area (Å²) in [6.07, 6.45) is 5.03. The number of amides is 1. The molecule has 166 valence electrons. The Kier molecular flexibility index (Phi) is 8.47. The number of fused-ring (bicyclic) bond motifs is 1. The summed E-state index contributed by atoms with van der Waals surface area (Å²) < 4.78 is 6.13. The molecule has 1 atom stereocenters. The van der Waals surface area contributed by atoms with Crippen molar-refractivity contribution < 1.29 is 19.4 Å². The maximum absolute atomic E-state index is 13.4. The molecule has 1 fully saturated rings. The number of unbranched alkanes of at least 4 members (excludes halogenated alkanes) is 2. The van der Waals surface area contributed by atoms with Crippen molar-refractivity contribution in [3.8, 4) is 5.75 Å². The van der Waals surface area contributed by atoms with Crippen LogP contribution in [0, 0.1) is 0 Å². The number of hydrogen-bond donors (Lipinski definition) is 2. The van der Waals surface area contributed by atoms with Crippen LogP contribution in [0.4, 0.5) is 0 Å². The van der Waals surface area contributed by atoms with Crippen molar-refractivity contribution in [2.45, 2.75) is 45.1 Å². The summed E-state index contributed by atoms with van der Waals surface area (Å²) in [6.45, 7) is 4.59. The molecule has 0 aliphatic carbocycles. The molecule has 1 heterocycles. The number of aliphatic carboxylic acids is 1. The summed E-state index contributed by atoms with van der Waals surface area (Å²) in [4.78, 5) is 26.0. The van der Waals surface area contributed by atoms with Gasteiger partial charge in [0, 0.05) is 30.9 Å². The Morgan fingerprint density at radius 2 is 2.00 bits per heavy atom. The number of allylic oxidation sites excluding steroid dienone is 1. The van der Waals surface area contributed by atoms with Gasteiger partial charge in [-0.1, -0.05) is 42.5 Å². The van der Waals surface area contributed by atoms with Gasteiger partial charge >= 0.3 is 5.97 Å². The van der Waals surface area contributed by atoms with Gasteiger partial charge in [-0.2, -0.15) is 0 Å². The van der Waals surface area contributed by atoms with E-state index in [1.807, 2.05) is 60.4 Å². The quantitative estimate of drug-likeness (QED) is 0.421. The van der Waals surface area contributed by atoms with E-state index in [4.69, 9.17) is 9.84 Å². The predicted octanol–water partition coefficient (Wildman–Crippen LogP) is 4.00. The number of nitrogens with one attached hydrogen (secondary N) is 1. The lowest BCUT2D eigenvalue weighted by atomic mass is 10.1. The van der Waals surface area contributed by atoms with E-state index in [1.54, 1.807) is 0 Å². The molecule has 6 nitrogen and oxygen atoms in total. The minimum absolute atomic E-state index is 0.00895. The van der Waals surface area contributed by atoms with Crippen LogP contribution in [0.15, 0.2) is 54.1 Å². The average molecular weight is 425 g/mol. The number of hydrogen-bond acceptors (Lipinski definition) is 4. The molecule has 0 spiro atoms. The van der Waals surface area contributed by atoms with E-state index in [0.717, 1.165) is 42.5 Å². The highest BCUT2D eigenvalue weighted by molar-refractivity contribution is 5.94. The van der Waals surface area contributed by atoms with Crippen LogP contribution >= 0.6 is 0 Å².